The number of hydrogen-bond acceptors (Lipinski definition) is 1. The number of halogens is 2. The minimum absolute atomic E-state index is 0.137. The summed E-state index contributed by atoms with van der Waals surface area (Å²) in [5.74, 6) is 0.209. The second-order valence-electron chi connectivity index (χ2n) is 5.56. The summed E-state index contributed by atoms with van der Waals surface area (Å²) >= 11 is 5.91. The molecule has 0 aliphatic heterocycles. The highest BCUT2D eigenvalue weighted by Crippen LogP contribution is 2.30. The van der Waals surface area contributed by atoms with Crippen LogP contribution in [-0.2, 0) is 6.42 Å². The largest absolute Gasteiger partial charge is 0.319 e. The van der Waals surface area contributed by atoms with Crippen molar-refractivity contribution >= 4 is 11.6 Å². The first-order valence-corrected chi connectivity index (χ1v) is 6.31. The van der Waals surface area contributed by atoms with Crippen LogP contribution in [0.1, 0.15) is 26.3 Å². The minimum Gasteiger partial charge on any atom is -0.319 e. The van der Waals surface area contributed by atoms with E-state index in [0.29, 0.717) is 22.9 Å². The molecule has 96 valence electrons. The maximum atomic E-state index is 13.7. The standard InChI is InChI=1S/C14H21ClFN/c1-14(2,3)11(9-17-4)7-10-8-12(15)5-6-13(10)16/h5-6,8,11,17H,7,9H2,1-4H3. The summed E-state index contributed by atoms with van der Waals surface area (Å²) in [6, 6.07) is 4.76. The molecule has 1 N–H and O–H groups in total. The molecule has 0 aliphatic rings. The van der Waals surface area contributed by atoms with E-state index in [1.165, 1.54) is 6.07 Å². The second kappa shape index (κ2) is 5.83. The molecular weight excluding hydrogens is 237 g/mol. The van der Waals surface area contributed by atoms with E-state index in [-0.39, 0.29) is 11.2 Å². The molecule has 1 rings (SSSR count). The van der Waals surface area contributed by atoms with Gasteiger partial charge in [0.2, 0.25) is 0 Å². The number of hydrogen-bond donors (Lipinski definition) is 1. The van der Waals surface area contributed by atoms with Crippen molar-refractivity contribution < 1.29 is 4.39 Å². The van der Waals surface area contributed by atoms with Gasteiger partial charge in [-0.15, -0.1) is 0 Å². The van der Waals surface area contributed by atoms with Gasteiger partial charge in [0, 0.05) is 5.02 Å². The molecule has 1 aromatic carbocycles. The van der Waals surface area contributed by atoms with Gasteiger partial charge in [0.1, 0.15) is 5.82 Å². The Hall–Kier alpha value is -0.600. The topological polar surface area (TPSA) is 12.0 Å². The molecule has 0 spiro atoms. The highest BCUT2D eigenvalue weighted by atomic mass is 35.5. The Bertz CT molecular complexity index is 371. The summed E-state index contributed by atoms with van der Waals surface area (Å²) in [6.07, 6.45) is 0.705. The zero-order chi connectivity index (χ0) is 13.1. The summed E-state index contributed by atoms with van der Waals surface area (Å²) in [4.78, 5) is 0. The molecule has 0 saturated carbocycles. The van der Waals surface area contributed by atoms with E-state index in [0.717, 1.165) is 6.54 Å². The maximum absolute atomic E-state index is 13.7. The van der Waals surface area contributed by atoms with Crippen molar-refractivity contribution in [2.24, 2.45) is 11.3 Å². The molecule has 0 radical (unpaired) electrons. The van der Waals surface area contributed by atoms with Gasteiger partial charge in [-0.2, -0.15) is 0 Å². The van der Waals surface area contributed by atoms with Crippen LogP contribution in [0.5, 0.6) is 0 Å². The van der Waals surface area contributed by atoms with Gasteiger partial charge in [-0.1, -0.05) is 32.4 Å². The first-order chi connectivity index (χ1) is 7.84. The maximum Gasteiger partial charge on any atom is 0.126 e. The summed E-state index contributed by atoms with van der Waals surface area (Å²) < 4.78 is 13.7. The van der Waals surface area contributed by atoms with E-state index in [4.69, 9.17) is 11.6 Å². The summed E-state index contributed by atoms with van der Waals surface area (Å²) in [6.45, 7) is 7.40. The summed E-state index contributed by atoms with van der Waals surface area (Å²) in [7, 11) is 1.92. The molecular formula is C14H21ClFN. The molecule has 1 nitrogen and oxygen atoms in total. The third-order valence-corrected chi connectivity index (χ3v) is 3.38. The van der Waals surface area contributed by atoms with Crippen molar-refractivity contribution in [1.29, 1.82) is 0 Å². The zero-order valence-electron chi connectivity index (χ0n) is 11.0. The van der Waals surface area contributed by atoms with Gasteiger partial charge >= 0.3 is 0 Å². The fourth-order valence-electron chi connectivity index (χ4n) is 1.90. The van der Waals surface area contributed by atoms with Crippen LogP contribution in [0.15, 0.2) is 18.2 Å². The van der Waals surface area contributed by atoms with E-state index < -0.39 is 0 Å². The first-order valence-electron chi connectivity index (χ1n) is 5.93. The van der Waals surface area contributed by atoms with Crippen molar-refractivity contribution in [2.45, 2.75) is 27.2 Å². The van der Waals surface area contributed by atoms with E-state index in [2.05, 4.69) is 26.1 Å². The SMILES string of the molecule is CNCC(Cc1cc(Cl)ccc1F)C(C)(C)C. The van der Waals surface area contributed by atoms with Gasteiger partial charge in [-0.25, -0.2) is 4.39 Å². The quantitative estimate of drug-likeness (QED) is 0.863. The smallest absolute Gasteiger partial charge is 0.126 e. The van der Waals surface area contributed by atoms with Crippen LogP contribution >= 0.6 is 11.6 Å². The monoisotopic (exact) mass is 257 g/mol. The van der Waals surface area contributed by atoms with Crippen molar-refractivity contribution in [3.05, 3.63) is 34.6 Å². The van der Waals surface area contributed by atoms with Crippen LogP contribution in [0.25, 0.3) is 0 Å². The molecule has 1 unspecified atom stereocenters. The van der Waals surface area contributed by atoms with Gasteiger partial charge < -0.3 is 5.32 Å². The molecule has 0 fully saturated rings. The lowest BCUT2D eigenvalue weighted by Gasteiger charge is -2.31. The van der Waals surface area contributed by atoms with Crippen LogP contribution in [0, 0.1) is 17.2 Å². The zero-order valence-corrected chi connectivity index (χ0v) is 11.7. The van der Waals surface area contributed by atoms with Crippen molar-refractivity contribution in [1.82, 2.24) is 5.32 Å². The molecule has 17 heavy (non-hydrogen) atoms. The molecule has 3 heteroatoms. The third-order valence-electron chi connectivity index (χ3n) is 3.15. The Morgan fingerprint density at radius 1 is 1.35 bits per heavy atom. The number of rotatable bonds is 4. The molecule has 0 bridgehead atoms. The lowest BCUT2D eigenvalue weighted by Crippen LogP contribution is -2.32. The molecule has 0 aromatic heterocycles. The van der Waals surface area contributed by atoms with Crippen molar-refractivity contribution in [3.8, 4) is 0 Å². The third kappa shape index (κ3) is 4.29. The predicted molar refractivity (Wildman–Crippen MR) is 72.0 cm³/mol. The highest BCUT2D eigenvalue weighted by molar-refractivity contribution is 6.30. The van der Waals surface area contributed by atoms with Crippen LogP contribution < -0.4 is 5.32 Å². The highest BCUT2D eigenvalue weighted by Gasteiger charge is 2.25. The average molecular weight is 258 g/mol. The van der Waals surface area contributed by atoms with Crippen LogP contribution in [0.2, 0.25) is 5.02 Å². The number of benzene rings is 1. The lowest BCUT2D eigenvalue weighted by atomic mass is 9.77. The number of nitrogens with one attached hydrogen (secondary N) is 1. The van der Waals surface area contributed by atoms with Crippen LogP contribution in [0.4, 0.5) is 4.39 Å². The van der Waals surface area contributed by atoms with Gasteiger partial charge in [0.25, 0.3) is 0 Å². The Balaban J connectivity index is 2.89. The van der Waals surface area contributed by atoms with Gasteiger partial charge in [-0.05, 0) is 55.1 Å². The average Bonchev–Trinajstić information content (AvgIpc) is 2.21. The summed E-state index contributed by atoms with van der Waals surface area (Å²) in [5.41, 5.74) is 0.838. The fraction of sp³-hybridized carbons (Fsp3) is 0.571. The van der Waals surface area contributed by atoms with Crippen molar-refractivity contribution in [2.75, 3.05) is 13.6 Å². The molecule has 0 saturated heterocycles. The second-order valence-corrected chi connectivity index (χ2v) is 6.00. The van der Waals surface area contributed by atoms with Crippen LogP contribution in [0.3, 0.4) is 0 Å². The molecule has 1 atom stereocenters. The normalized spacial score (nSPS) is 13.8. The minimum atomic E-state index is -0.167. The van der Waals surface area contributed by atoms with E-state index in [1.54, 1.807) is 12.1 Å². The first kappa shape index (κ1) is 14.5. The van der Waals surface area contributed by atoms with E-state index in [1.807, 2.05) is 7.05 Å². The van der Waals surface area contributed by atoms with Crippen molar-refractivity contribution in [3.63, 3.8) is 0 Å². The molecule has 0 aliphatic carbocycles. The van der Waals surface area contributed by atoms with Gasteiger partial charge in [0.05, 0.1) is 0 Å². The van der Waals surface area contributed by atoms with E-state index >= 15 is 0 Å². The molecule has 0 heterocycles. The van der Waals surface area contributed by atoms with Gasteiger partial charge in [0.15, 0.2) is 0 Å². The Morgan fingerprint density at radius 2 is 2.00 bits per heavy atom. The van der Waals surface area contributed by atoms with Gasteiger partial charge in [-0.3, -0.25) is 0 Å². The molecule has 0 amide bonds. The lowest BCUT2D eigenvalue weighted by molar-refractivity contribution is 0.233. The predicted octanol–water partition coefficient (Wildman–Crippen LogP) is 3.90. The summed E-state index contributed by atoms with van der Waals surface area (Å²) in [5, 5.41) is 3.77. The van der Waals surface area contributed by atoms with Crippen LogP contribution in [-0.4, -0.2) is 13.6 Å². The Kier molecular flexibility index (Phi) is 4.96. The molecule has 1 aromatic rings. The fourth-order valence-corrected chi connectivity index (χ4v) is 2.09. The Labute approximate surface area is 108 Å². The Morgan fingerprint density at radius 3 is 2.53 bits per heavy atom. The van der Waals surface area contributed by atoms with E-state index in [9.17, 15) is 4.39 Å².